The van der Waals surface area contributed by atoms with E-state index in [2.05, 4.69) is 4.40 Å². The highest BCUT2D eigenvalue weighted by molar-refractivity contribution is 7.90. The molecule has 2 aliphatic heterocycles. The van der Waals surface area contributed by atoms with Crippen molar-refractivity contribution in [2.45, 2.75) is 11.0 Å². The van der Waals surface area contributed by atoms with E-state index >= 15 is 0 Å². The zero-order valence-electron chi connectivity index (χ0n) is 12.7. The molecule has 2 aromatic rings. The van der Waals surface area contributed by atoms with Gasteiger partial charge in [0, 0.05) is 18.7 Å². The molecule has 5 nitrogen and oxygen atoms in total. The second-order valence-electron chi connectivity index (χ2n) is 5.74. The standard InChI is InChI=1S/C17H15FN2O3S/c18-13-7-5-12(6-8-13)15-11-20(9-10-23-15)17-14-3-1-2-4-16(14)24(21,22)19-17/h1-8,15H,9-11H2. The molecule has 0 aromatic heterocycles. The Labute approximate surface area is 139 Å². The highest BCUT2D eigenvalue weighted by Gasteiger charge is 2.34. The molecule has 1 atom stereocenters. The molecule has 124 valence electrons. The predicted octanol–water partition coefficient (Wildman–Crippen LogP) is 2.35. The Bertz CT molecular complexity index is 910. The van der Waals surface area contributed by atoms with Gasteiger partial charge in [-0.05, 0) is 29.8 Å². The molecule has 0 spiro atoms. The lowest BCUT2D eigenvalue weighted by atomic mass is 10.1. The van der Waals surface area contributed by atoms with Crippen LogP contribution in [0, 0.1) is 5.82 Å². The lowest BCUT2D eigenvalue weighted by molar-refractivity contribution is -0.00665. The van der Waals surface area contributed by atoms with Crippen molar-refractivity contribution in [2.75, 3.05) is 19.7 Å². The molecule has 2 aliphatic rings. The van der Waals surface area contributed by atoms with Gasteiger partial charge in [-0.2, -0.15) is 8.42 Å². The van der Waals surface area contributed by atoms with Crippen LogP contribution in [0.25, 0.3) is 0 Å². The zero-order valence-corrected chi connectivity index (χ0v) is 13.5. The number of fused-ring (bicyclic) bond motifs is 1. The monoisotopic (exact) mass is 346 g/mol. The van der Waals surface area contributed by atoms with Crippen molar-refractivity contribution in [2.24, 2.45) is 4.40 Å². The van der Waals surface area contributed by atoms with Gasteiger partial charge < -0.3 is 9.64 Å². The van der Waals surface area contributed by atoms with Crippen LogP contribution in [0.15, 0.2) is 57.8 Å². The summed E-state index contributed by atoms with van der Waals surface area (Å²) in [6.45, 7) is 1.47. The topological polar surface area (TPSA) is 59.0 Å². The summed E-state index contributed by atoms with van der Waals surface area (Å²) >= 11 is 0. The smallest absolute Gasteiger partial charge is 0.285 e. The Morgan fingerprint density at radius 1 is 1.12 bits per heavy atom. The fraction of sp³-hybridized carbons (Fsp3) is 0.235. The molecule has 0 N–H and O–H groups in total. The minimum Gasteiger partial charge on any atom is -0.370 e. The van der Waals surface area contributed by atoms with Crippen LogP contribution in [0.3, 0.4) is 0 Å². The summed E-state index contributed by atoms with van der Waals surface area (Å²) in [6, 6.07) is 13.0. The van der Waals surface area contributed by atoms with Crippen LogP contribution in [-0.2, 0) is 14.8 Å². The molecule has 0 saturated carbocycles. The van der Waals surface area contributed by atoms with Gasteiger partial charge >= 0.3 is 0 Å². The van der Waals surface area contributed by atoms with Gasteiger partial charge in [-0.3, -0.25) is 0 Å². The number of ether oxygens (including phenoxy) is 1. The maximum atomic E-state index is 13.1. The molecule has 1 saturated heterocycles. The van der Waals surface area contributed by atoms with Crippen LogP contribution in [0.2, 0.25) is 0 Å². The molecule has 1 fully saturated rings. The predicted molar refractivity (Wildman–Crippen MR) is 86.8 cm³/mol. The third kappa shape index (κ3) is 2.59. The molecular formula is C17H15FN2O3S. The average Bonchev–Trinajstić information content (AvgIpc) is 2.88. The van der Waals surface area contributed by atoms with Crippen molar-refractivity contribution < 1.29 is 17.5 Å². The number of amidine groups is 1. The molecule has 24 heavy (non-hydrogen) atoms. The van der Waals surface area contributed by atoms with Gasteiger partial charge in [0.05, 0.1) is 6.61 Å². The fourth-order valence-electron chi connectivity index (χ4n) is 3.04. The molecule has 7 heteroatoms. The molecule has 4 rings (SSSR count). The van der Waals surface area contributed by atoms with E-state index in [-0.39, 0.29) is 16.8 Å². The fourth-order valence-corrected chi connectivity index (χ4v) is 4.26. The first-order chi connectivity index (χ1) is 11.5. The van der Waals surface area contributed by atoms with E-state index in [1.807, 2.05) is 4.90 Å². The minimum absolute atomic E-state index is 0.241. The number of morpholine rings is 1. The number of hydrogen-bond acceptors (Lipinski definition) is 4. The number of rotatable bonds is 1. The first kappa shape index (κ1) is 15.3. The summed E-state index contributed by atoms with van der Waals surface area (Å²) in [4.78, 5) is 2.16. The van der Waals surface area contributed by atoms with Gasteiger partial charge in [-0.15, -0.1) is 4.40 Å². The van der Waals surface area contributed by atoms with Crippen molar-refractivity contribution in [3.8, 4) is 0 Å². The first-order valence-electron chi connectivity index (χ1n) is 7.61. The van der Waals surface area contributed by atoms with E-state index in [1.165, 1.54) is 12.1 Å². The lowest BCUT2D eigenvalue weighted by Gasteiger charge is -2.34. The third-order valence-corrected chi connectivity index (χ3v) is 5.55. The van der Waals surface area contributed by atoms with Crippen LogP contribution < -0.4 is 0 Å². The van der Waals surface area contributed by atoms with Crippen LogP contribution in [0.4, 0.5) is 4.39 Å². The molecule has 0 bridgehead atoms. The number of hydrogen-bond donors (Lipinski definition) is 0. The second-order valence-corrected chi connectivity index (χ2v) is 7.32. The van der Waals surface area contributed by atoms with E-state index < -0.39 is 10.0 Å². The Morgan fingerprint density at radius 3 is 2.67 bits per heavy atom. The minimum atomic E-state index is -3.64. The molecule has 0 aliphatic carbocycles. The maximum Gasteiger partial charge on any atom is 0.285 e. The molecule has 2 heterocycles. The van der Waals surface area contributed by atoms with Gasteiger partial charge in [-0.1, -0.05) is 24.3 Å². The first-order valence-corrected chi connectivity index (χ1v) is 9.05. The number of halogens is 1. The number of sulfonamides is 1. The normalized spacial score (nSPS) is 22.1. The van der Waals surface area contributed by atoms with Crippen LogP contribution in [0.5, 0.6) is 0 Å². The Hall–Kier alpha value is -2.25. The van der Waals surface area contributed by atoms with E-state index in [9.17, 15) is 12.8 Å². The summed E-state index contributed by atoms with van der Waals surface area (Å²) in [5, 5.41) is 0. The van der Waals surface area contributed by atoms with Gasteiger partial charge in [0.1, 0.15) is 16.8 Å². The highest BCUT2D eigenvalue weighted by atomic mass is 32.2. The Morgan fingerprint density at radius 2 is 1.88 bits per heavy atom. The van der Waals surface area contributed by atoms with E-state index in [4.69, 9.17) is 4.74 Å². The SMILES string of the molecule is O=S1(=O)N=C(N2CCOC(c3ccc(F)cc3)C2)c2ccccc21. The van der Waals surface area contributed by atoms with Gasteiger partial charge in [0.15, 0.2) is 5.84 Å². The highest BCUT2D eigenvalue weighted by Crippen LogP contribution is 2.30. The number of nitrogens with zero attached hydrogens (tertiary/aromatic N) is 2. The number of benzene rings is 2. The summed E-state index contributed by atoms with van der Waals surface area (Å²) < 4.78 is 47.2. The summed E-state index contributed by atoms with van der Waals surface area (Å²) in [5.74, 6) is 0.160. The van der Waals surface area contributed by atoms with E-state index in [0.717, 1.165) is 5.56 Å². The van der Waals surface area contributed by atoms with Crippen molar-refractivity contribution in [3.05, 3.63) is 65.5 Å². The van der Waals surface area contributed by atoms with Crippen molar-refractivity contribution in [1.82, 2.24) is 4.90 Å². The van der Waals surface area contributed by atoms with Crippen molar-refractivity contribution in [3.63, 3.8) is 0 Å². The lowest BCUT2D eigenvalue weighted by Crippen LogP contribution is -2.42. The molecule has 1 unspecified atom stereocenters. The Kier molecular flexibility index (Phi) is 3.62. The van der Waals surface area contributed by atoms with E-state index in [0.29, 0.717) is 31.1 Å². The summed E-state index contributed by atoms with van der Waals surface area (Å²) in [6.07, 6.45) is -0.252. The maximum absolute atomic E-state index is 13.1. The Balaban J connectivity index is 1.65. The van der Waals surface area contributed by atoms with Crippen molar-refractivity contribution >= 4 is 15.9 Å². The van der Waals surface area contributed by atoms with Gasteiger partial charge in [0.2, 0.25) is 0 Å². The largest absolute Gasteiger partial charge is 0.370 e. The quantitative estimate of drug-likeness (QED) is 0.795. The van der Waals surface area contributed by atoms with Crippen LogP contribution in [-0.4, -0.2) is 38.8 Å². The molecule has 0 radical (unpaired) electrons. The van der Waals surface area contributed by atoms with Gasteiger partial charge in [-0.25, -0.2) is 4.39 Å². The van der Waals surface area contributed by atoms with Gasteiger partial charge in [0.25, 0.3) is 10.0 Å². The molecule has 2 aromatic carbocycles. The summed E-state index contributed by atoms with van der Waals surface area (Å²) in [7, 11) is -3.64. The van der Waals surface area contributed by atoms with E-state index in [1.54, 1.807) is 36.4 Å². The van der Waals surface area contributed by atoms with Crippen LogP contribution >= 0.6 is 0 Å². The average molecular weight is 346 g/mol. The molecule has 0 amide bonds. The second kappa shape index (κ2) is 5.68. The summed E-state index contributed by atoms with van der Waals surface area (Å²) in [5.41, 5.74) is 1.48. The van der Waals surface area contributed by atoms with Crippen molar-refractivity contribution in [1.29, 1.82) is 0 Å². The molecular weight excluding hydrogens is 331 g/mol. The zero-order chi connectivity index (χ0) is 16.7. The van der Waals surface area contributed by atoms with Crippen LogP contribution in [0.1, 0.15) is 17.2 Å². The third-order valence-electron chi connectivity index (χ3n) is 4.22.